The Kier molecular flexibility index (Phi) is 3.87. The summed E-state index contributed by atoms with van der Waals surface area (Å²) < 4.78 is 93.5. The number of alkyl halides is 3. The lowest BCUT2D eigenvalue weighted by molar-refractivity contribution is -0.141. The van der Waals surface area contributed by atoms with Gasteiger partial charge in [0.05, 0.1) is 17.9 Å². The summed E-state index contributed by atoms with van der Waals surface area (Å²) in [6.45, 7) is 0. The molecule has 2 atom stereocenters. The van der Waals surface area contributed by atoms with E-state index in [2.05, 4.69) is 15.4 Å². The fourth-order valence-electron chi connectivity index (χ4n) is 4.01. The number of benzene rings is 1. The van der Waals surface area contributed by atoms with Gasteiger partial charge in [-0.15, -0.1) is 0 Å². The van der Waals surface area contributed by atoms with E-state index in [-0.39, 0.29) is 23.2 Å². The fourth-order valence-corrected chi connectivity index (χ4v) is 5.28. The van der Waals surface area contributed by atoms with Crippen molar-refractivity contribution in [1.82, 2.24) is 19.5 Å². The number of fused-ring (bicyclic) bond motifs is 7. The second-order valence-corrected chi connectivity index (χ2v) is 8.75. The van der Waals surface area contributed by atoms with Gasteiger partial charge in [-0.1, -0.05) is 0 Å². The minimum Gasteiger partial charge on any atom is -0.299 e. The first-order chi connectivity index (χ1) is 14.1. The molecule has 2 aliphatic rings. The topological polar surface area (TPSA) is 76.9 Å². The Labute approximate surface area is 166 Å². The molecular weight excluding hydrogens is 431 g/mol. The fraction of sp³-hybridized carbons (Fsp3) is 0.222. The van der Waals surface area contributed by atoms with Crippen molar-refractivity contribution in [3.05, 3.63) is 76.4 Å². The standard InChI is InChI=1S/C18H11F5N4O2S/c19-10-2-3-11(20)16-15(10)12-5-13-9(17(16)26-12)7-25-27(13)30(28,29)8-1-4-14(24-6-8)18(21,22)23/h1-4,6-7,12,17,26H,5H2. The number of pyridine rings is 1. The van der Waals surface area contributed by atoms with Gasteiger partial charge in [-0.25, -0.2) is 8.78 Å². The highest BCUT2D eigenvalue weighted by Gasteiger charge is 2.44. The summed E-state index contributed by atoms with van der Waals surface area (Å²) in [5.41, 5.74) is -0.424. The van der Waals surface area contributed by atoms with Crippen molar-refractivity contribution in [2.24, 2.45) is 0 Å². The number of rotatable bonds is 2. The van der Waals surface area contributed by atoms with E-state index in [1.54, 1.807) is 0 Å². The summed E-state index contributed by atoms with van der Waals surface area (Å²) in [6.07, 6.45) is -2.86. The zero-order valence-corrected chi connectivity index (χ0v) is 15.6. The summed E-state index contributed by atoms with van der Waals surface area (Å²) in [5.74, 6) is -1.23. The van der Waals surface area contributed by atoms with Crippen molar-refractivity contribution in [2.45, 2.75) is 29.6 Å². The number of nitrogens with one attached hydrogen (secondary N) is 1. The molecular formula is C18H11F5N4O2S. The molecule has 2 bridgehead atoms. The van der Waals surface area contributed by atoms with Crippen LogP contribution in [0.5, 0.6) is 0 Å². The molecule has 0 aliphatic carbocycles. The predicted molar refractivity (Wildman–Crippen MR) is 91.8 cm³/mol. The van der Waals surface area contributed by atoms with Crippen LogP contribution in [-0.2, 0) is 22.6 Å². The van der Waals surface area contributed by atoms with Gasteiger partial charge in [0.1, 0.15) is 22.2 Å². The maximum absolute atomic E-state index is 14.4. The Morgan fingerprint density at radius 2 is 1.73 bits per heavy atom. The second-order valence-electron chi connectivity index (χ2n) is 6.98. The zero-order valence-electron chi connectivity index (χ0n) is 14.8. The van der Waals surface area contributed by atoms with Crippen LogP contribution in [0.15, 0.2) is 41.6 Å². The van der Waals surface area contributed by atoms with Crippen molar-refractivity contribution < 1.29 is 30.4 Å². The number of aromatic nitrogens is 3. The smallest absolute Gasteiger partial charge is 0.299 e. The molecule has 0 saturated heterocycles. The second kappa shape index (κ2) is 6.08. The van der Waals surface area contributed by atoms with Crippen LogP contribution in [0.2, 0.25) is 0 Å². The largest absolute Gasteiger partial charge is 0.433 e. The summed E-state index contributed by atoms with van der Waals surface area (Å²) in [4.78, 5) is 2.70. The van der Waals surface area contributed by atoms with E-state index < -0.39 is 50.5 Å². The Morgan fingerprint density at radius 1 is 1.03 bits per heavy atom. The van der Waals surface area contributed by atoms with E-state index in [1.165, 1.54) is 6.20 Å². The number of nitrogens with zero attached hydrogens (tertiary/aromatic N) is 3. The van der Waals surface area contributed by atoms with E-state index >= 15 is 0 Å². The van der Waals surface area contributed by atoms with Gasteiger partial charge in [0.25, 0.3) is 10.0 Å². The minimum atomic E-state index is -4.71. The molecule has 2 unspecified atom stereocenters. The molecule has 4 heterocycles. The number of hydrogen-bond acceptors (Lipinski definition) is 5. The molecule has 30 heavy (non-hydrogen) atoms. The van der Waals surface area contributed by atoms with Crippen molar-refractivity contribution in [3.63, 3.8) is 0 Å². The van der Waals surface area contributed by atoms with Crippen LogP contribution >= 0.6 is 0 Å². The van der Waals surface area contributed by atoms with Gasteiger partial charge >= 0.3 is 6.18 Å². The Morgan fingerprint density at radius 3 is 2.37 bits per heavy atom. The molecule has 5 rings (SSSR count). The molecule has 0 fully saturated rings. The molecule has 0 saturated carbocycles. The Balaban J connectivity index is 1.59. The molecule has 0 radical (unpaired) electrons. The molecule has 6 nitrogen and oxygen atoms in total. The third-order valence-corrected chi connectivity index (χ3v) is 6.92. The van der Waals surface area contributed by atoms with Crippen LogP contribution in [-0.4, -0.2) is 22.6 Å². The molecule has 2 aromatic heterocycles. The third-order valence-electron chi connectivity index (χ3n) is 5.31. The van der Waals surface area contributed by atoms with Crippen LogP contribution in [0, 0.1) is 11.6 Å². The first kappa shape index (κ1) is 19.1. The van der Waals surface area contributed by atoms with Gasteiger partial charge in [0.15, 0.2) is 0 Å². The quantitative estimate of drug-likeness (QED) is 0.618. The molecule has 1 N–H and O–H groups in total. The summed E-state index contributed by atoms with van der Waals surface area (Å²) in [6, 6.07) is 1.94. The highest BCUT2D eigenvalue weighted by molar-refractivity contribution is 7.89. The molecule has 2 aliphatic heterocycles. The minimum absolute atomic E-state index is 0.00645. The average molecular weight is 442 g/mol. The summed E-state index contributed by atoms with van der Waals surface area (Å²) in [5, 5.41) is 6.94. The lowest BCUT2D eigenvalue weighted by Gasteiger charge is -2.23. The van der Waals surface area contributed by atoms with Crippen LogP contribution in [0.4, 0.5) is 22.0 Å². The molecule has 3 aromatic rings. The summed E-state index contributed by atoms with van der Waals surface area (Å²) in [7, 11) is -4.37. The SMILES string of the molecule is O=S(=O)(c1ccc(C(F)(F)F)nc1)n1ncc2c1CC1NC2c2c(F)ccc(F)c21. The monoisotopic (exact) mass is 442 g/mol. The van der Waals surface area contributed by atoms with E-state index in [0.29, 0.717) is 21.9 Å². The first-order valence-corrected chi connectivity index (χ1v) is 10.1. The van der Waals surface area contributed by atoms with Gasteiger partial charge in [-0.2, -0.15) is 30.8 Å². The van der Waals surface area contributed by atoms with Crippen LogP contribution in [0.3, 0.4) is 0 Å². The third kappa shape index (κ3) is 2.59. The van der Waals surface area contributed by atoms with Crippen LogP contribution < -0.4 is 5.32 Å². The van der Waals surface area contributed by atoms with E-state index in [4.69, 9.17) is 0 Å². The maximum atomic E-state index is 14.4. The van der Waals surface area contributed by atoms with Crippen molar-refractivity contribution in [2.75, 3.05) is 0 Å². The van der Waals surface area contributed by atoms with Gasteiger partial charge in [-0.3, -0.25) is 10.3 Å². The highest BCUT2D eigenvalue weighted by Crippen LogP contribution is 2.46. The highest BCUT2D eigenvalue weighted by atomic mass is 32.2. The molecule has 0 spiro atoms. The molecule has 1 aromatic carbocycles. The summed E-state index contributed by atoms with van der Waals surface area (Å²) >= 11 is 0. The maximum Gasteiger partial charge on any atom is 0.433 e. The van der Waals surface area contributed by atoms with Crippen LogP contribution in [0.1, 0.15) is 40.2 Å². The Hall–Kier alpha value is -2.86. The van der Waals surface area contributed by atoms with E-state index in [0.717, 1.165) is 18.2 Å². The number of hydrogen-bond donors (Lipinski definition) is 1. The zero-order chi connectivity index (χ0) is 21.4. The average Bonchev–Trinajstić information content (AvgIpc) is 3.26. The van der Waals surface area contributed by atoms with Gasteiger partial charge in [0.2, 0.25) is 0 Å². The number of halogens is 5. The molecule has 12 heteroatoms. The van der Waals surface area contributed by atoms with Crippen molar-refractivity contribution in [1.29, 1.82) is 0 Å². The van der Waals surface area contributed by atoms with Crippen molar-refractivity contribution >= 4 is 10.0 Å². The predicted octanol–water partition coefficient (Wildman–Crippen LogP) is 3.10. The van der Waals surface area contributed by atoms with Gasteiger partial charge < -0.3 is 0 Å². The first-order valence-electron chi connectivity index (χ1n) is 8.68. The lowest BCUT2D eigenvalue weighted by Crippen LogP contribution is -2.29. The molecule has 0 amide bonds. The van der Waals surface area contributed by atoms with Gasteiger partial charge in [-0.05, 0) is 24.3 Å². The van der Waals surface area contributed by atoms with E-state index in [9.17, 15) is 30.4 Å². The van der Waals surface area contributed by atoms with Crippen molar-refractivity contribution in [3.8, 4) is 0 Å². The Bertz CT molecular complexity index is 1290. The van der Waals surface area contributed by atoms with Crippen LogP contribution in [0.25, 0.3) is 0 Å². The van der Waals surface area contributed by atoms with E-state index in [1.807, 2.05) is 0 Å². The van der Waals surface area contributed by atoms with Gasteiger partial charge in [0, 0.05) is 35.3 Å². The molecule has 156 valence electrons. The normalized spacial score (nSPS) is 20.2. The lowest BCUT2D eigenvalue weighted by atomic mass is 10.00.